The number of halogens is 1. The summed E-state index contributed by atoms with van der Waals surface area (Å²) in [6.07, 6.45) is 4.21. The van der Waals surface area contributed by atoms with Crippen molar-refractivity contribution in [3.63, 3.8) is 0 Å². The first kappa shape index (κ1) is 27.0. The van der Waals surface area contributed by atoms with Crippen molar-refractivity contribution in [2.24, 2.45) is 7.05 Å². The van der Waals surface area contributed by atoms with E-state index in [1.807, 2.05) is 19.2 Å². The summed E-state index contributed by atoms with van der Waals surface area (Å²) in [5, 5.41) is 0. The molecule has 6 nitrogen and oxygen atoms in total. The van der Waals surface area contributed by atoms with E-state index in [9.17, 15) is 0 Å². The van der Waals surface area contributed by atoms with E-state index in [0.717, 1.165) is 11.3 Å². The van der Waals surface area contributed by atoms with Crippen LogP contribution in [-0.4, -0.2) is 7.11 Å². The lowest BCUT2D eigenvalue weighted by atomic mass is 9.85. The largest absolute Gasteiger partial charge is 0.497 e. The molecule has 0 aliphatic rings. The van der Waals surface area contributed by atoms with Crippen LogP contribution in [0.15, 0.2) is 122 Å². The first-order chi connectivity index (χ1) is 18.2. The molecule has 38 heavy (non-hydrogen) atoms. The zero-order valence-electron chi connectivity index (χ0n) is 20.9. The smallest absolute Gasteiger partial charge is 0.169 e. The van der Waals surface area contributed by atoms with Crippen molar-refractivity contribution in [1.29, 1.82) is 0 Å². The van der Waals surface area contributed by atoms with Gasteiger partial charge in [-0.15, -0.1) is 10.2 Å². The summed E-state index contributed by atoms with van der Waals surface area (Å²) in [7, 11) is -1.20. The summed E-state index contributed by atoms with van der Waals surface area (Å²) in [5.41, 5.74) is 9.63. The second-order valence-electron chi connectivity index (χ2n) is 8.54. The summed E-state index contributed by atoms with van der Waals surface area (Å²) >= 11 is 0. The molecule has 0 fully saturated rings. The minimum absolute atomic E-state index is 0.860. The van der Waals surface area contributed by atoms with Crippen LogP contribution in [0.25, 0.3) is 44.5 Å². The van der Waals surface area contributed by atoms with E-state index in [-0.39, 0.29) is 0 Å². The fraction of sp³-hybridized carbons (Fsp3) is 0.0645. The molecule has 0 N–H and O–H groups in total. The number of ether oxygens (including phenoxy) is 1. The molecule has 1 aromatic heterocycles. The molecule has 0 aliphatic carbocycles. The van der Waals surface area contributed by atoms with E-state index in [1.54, 1.807) is 7.11 Å². The number of aromatic nitrogens is 1. The van der Waals surface area contributed by atoms with E-state index < -0.39 is 10.2 Å². The molecule has 0 bridgehead atoms. The van der Waals surface area contributed by atoms with Crippen LogP contribution in [-0.2, 0) is 7.05 Å². The topological polar surface area (TPSA) is 105 Å². The van der Waals surface area contributed by atoms with Gasteiger partial charge in [0.15, 0.2) is 12.4 Å². The maximum atomic E-state index is 8.49. The zero-order valence-corrected chi connectivity index (χ0v) is 21.7. The molecule has 0 atom stereocenters. The van der Waals surface area contributed by atoms with Crippen LogP contribution in [0, 0.1) is 10.2 Å². The quantitative estimate of drug-likeness (QED) is 0.326. The van der Waals surface area contributed by atoms with Gasteiger partial charge >= 0.3 is 0 Å². The van der Waals surface area contributed by atoms with Crippen LogP contribution in [0.3, 0.4) is 0 Å². The van der Waals surface area contributed by atoms with Crippen molar-refractivity contribution in [2.45, 2.75) is 0 Å². The van der Waals surface area contributed by atoms with E-state index in [1.165, 1.54) is 38.9 Å². The Balaban J connectivity index is 0.000000617. The number of hydrogen-bond donors (Lipinski definition) is 0. The monoisotopic (exact) mass is 527 g/mol. The molecule has 0 saturated heterocycles. The number of benzene rings is 4. The Morgan fingerprint density at radius 3 is 1.42 bits per heavy atom. The van der Waals surface area contributed by atoms with Gasteiger partial charge in [0.05, 0.1) is 7.11 Å². The van der Waals surface area contributed by atoms with Crippen LogP contribution in [0.2, 0.25) is 0 Å². The standard InChI is InChI=1S/C31H26NO.ClHO4/c1-32-19-17-26(18-20-32)31-29(24-9-5-3-6-10-24)21-27(23-13-15-28(33-2)16-14-23)22-30(31)25-11-7-4-8-12-25;2-1(3,4)5/h3-22H,1-2H3;(H,2,3,4,5)/q+1;/p-1. The lowest BCUT2D eigenvalue weighted by Gasteiger charge is -2.19. The Morgan fingerprint density at radius 1 is 0.553 bits per heavy atom. The molecule has 0 aliphatic heterocycles. The molecular formula is C31H26ClNO5. The van der Waals surface area contributed by atoms with Gasteiger partial charge in [-0.3, -0.25) is 0 Å². The van der Waals surface area contributed by atoms with Gasteiger partial charge in [-0.05, 0) is 68.8 Å². The van der Waals surface area contributed by atoms with Gasteiger partial charge in [-0.25, -0.2) is 23.2 Å². The lowest BCUT2D eigenvalue weighted by Crippen LogP contribution is -2.68. The van der Waals surface area contributed by atoms with Crippen LogP contribution in [0.1, 0.15) is 0 Å². The number of hydrogen-bond acceptors (Lipinski definition) is 5. The van der Waals surface area contributed by atoms with Crippen molar-refractivity contribution in [2.75, 3.05) is 7.11 Å². The highest BCUT2D eigenvalue weighted by Crippen LogP contribution is 2.43. The summed E-state index contributed by atoms with van der Waals surface area (Å²) in [6.45, 7) is 0. The predicted molar refractivity (Wildman–Crippen MR) is 136 cm³/mol. The summed E-state index contributed by atoms with van der Waals surface area (Å²) in [5.74, 6) is 0.860. The normalized spacial score (nSPS) is 10.9. The van der Waals surface area contributed by atoms with Gasteiger partial charge in [0, 0.05) is 12.1 Å². The van der Waals surface area contributed by atoms with Crippen molar-refractivity contribution >= 4 is 0 Å². The fourth-order valence-corrected chi connectivity index (χ4v) is 4.26. The minimum atomic E-state index is -4.94. The molecule has 192 valence electrons. The Labute approximate surface area is 224 Å². The number of nitrogens with zero attached hydrogens (tertiary/aromatic N) is 1. The highest BCUT2D eigenvalue weighted by molar-refractivity contribution is 5.97. The van der Waals surface area contributed by atoms with Gasteiger partial charge in [0.2, 0.25) is 0 Å². The van der Waals surface area contributed by atoms with Gasteiger partial charge in [-0.1, -0.05) is 72.8 Å². The number of pyridine rings is 1. The summed E-state index contributed by atoms with van der Waals surface area (Å²) in [6, 6.07) is 38.6. The Hall–Kier alpha value is -4.04. The average Bonchev–Trinajstić information content (AvgIpc) is 2.93. The molecule has 0 radical (unpaired) electrons. The summed E-state index contributed by atoms with van der Waals surface area (Å²) in [4.78, 5) is 0. The molecule has 0 unspecified atom stereocenters. The third kappa shape index (κ3) is 7.04. The third-order valence-electron chi connectivity index (χ3n) is 6.00. The maximum Gasteiger partial charge on any atom is 0.169 e. The van der Waals surface area contributed by atoms with Crippen molar-refractivity contribution in [3.8, 4) is 50.3 Å². The fourth-order valence-electron chi connectivity index (χ4n) is 4.26. The first-order valence-corrected chi connectivity index (χ1v) is 13.0. The van der Waals surface area contributed by atoms with Gasteiger partial charge in [0.25, 0.3) is 0 Å². The average molecular weight is 528 g/mol. The second kappa shape index (κ2) is 12.0. The molecule has 4 aromatic carbocycles. The van der Waals surface area contributed by atoms with E-state index in [2.05, 4.69) is 114 Å². The van der Waals surface area contributed by atoms with Crippen LogP contribution < -0.4 is 27.9 Å². The van der Waals surface area contributed by atoms with Crippen molar-refractivity contribution in [3.05, 3.63) is 122 Å². The summed E-state index contributed by atoms with van der Waals surface area (Å²) < 4.78 is 41.4. The second-order valence-corrected chi connectivity index (χ2v) is 9.29. The third-order valence-corrected chi connectivity index (χ3v) is 6.00. The lowest BCUT2D eigenvalue weighted by molar-refractivity contribution is -2.00. The van der Waals surface area contributed by atoms with E-state index in [0.29, 0.717) is 0 Å². The minimum Gasteiger partial charge on any atom is -0.497 e. The molecule has 0 spiro atoms. The zero-order chi connectivity index (χ0) is 27.1. The van der Waals surface area contributed by atoms with Crippen molar-refractivity contribution in [1.82, 2.24) is 0 Å². The van der Waals surface area contributed by atoms with Crippen LogP contribution in [0.5, 0.6) is 5.75 Å². The molecular weight excluding hydrogens is 502 g/mol. The first-order valence-electron chi connectivity index (χ1n) is 11.7. The molecule has 0 saturated carbocycles. The molecule has 1 heterocycles. The number of rotatable bonds is 5. The van der Waals surface area contributed by atoms with Gasteiger partial charge < -0.3 is 4.74 Å². The Bertz CT molecular complexity index is 1400. The number of methoxy groups -OCH3 is 1. The van der Waals surface area contributed by atoms with Gasteiger partial charge in [-0.2, -0.15) is 0 Å². The Morgan fingerprint density at radius 2 is 1.00 bits per heavy atom. The molecule has 5 aromatic rings. The van der Waals surface area contributed by atoms with Gasteiger partial charge in [0.1, 0.15) is 12.8 Å². The SMILES string of the molecule is COc1ccc(-c2cc(-c3ccccc3)c(-c3cc[n+](C)cc3)c(-c3ccccc3)c2)cc1.[O-][Cl+3]([O-])([O-])[O-]. The molecule has 7 heteroatoms. The Kier molecular flexibility index (Phi) is 8.53. The van der Waals surface area contributed by atoms with E-state index >= 15 is 0 Å². The van der Waals surface area contributed by atoms with Crippen LogP contribution in [0.4, 0.5) is 0 Å². The molecule has 0 amide bonds. The van der Waals surface area contributed by atoms with E-state index in [4.69, 9.17) is 23.4 Å². The molecule has 5 rings (SSSR count). The number of aryl methyl sites for hydroxylation is 1. The highest BCUT2D eigenvalue weighted by Gasteiger charge is 2.17. The maximum absolute atomic E-state index is 8.49. The van der Waals surface area contributed by atoms with Crippen molar-refractivity contribution < 1.29 is 38.2 Å². The highest BCUT2D eigenvalue weighted by atomic mass is 35.7. The predicted octanol–water partition coefficient (Wildman–Crippen LogP) is 2.43. The van der Waals surface area contributed by atoms with Crippen LogP contribution >= 0.6 is 0 Å².